The average molecular weight is 466 g/mol. The molecule has 3 saturated carbocycles. The predicted octanol–water partition coefficient (Wildman–Crippen LogP) is 5.08. The van der Waals surface area contributed by atoms with E-state index in [4.69, 9.17) is 4.74 Å². The van der Waals surface area contributed by atoms with E-state index in [-0.39, 0.29) is 11.5 Å². The number of fused-ring (bicyclic) bond motifs is 1. The average Bonchev–Trinajstić information content (AvgIpc) is 3.33. The zero-order chi connectivity index (χ0) is 23.8. The molecule has 4 rings (SSSR count). The van der Waals surface area contributed by atoms with Crippen molar-refractivity contribution >= 4 is 0 Å². The molecule has 0 spiro atoms. The van der Waals surface area contributed by atoms with Gasteiger partial charge in [0.05, 0.1) is 18.3 Å². The first-order valence-electron chi connectivity index (χ1n) is 12.8. The van der Waals surface area contributed by atoms with Gasteiger partial charge in [0.2, 0.25) is 0 Å². The molecule has 0 bridgehead atoms. The van der Waals surface area contributed by atoms with Gasteiger partial charge >= 0.3 is 6.61 Å². The molecule has 186 valence electrons. The Bertz CT molecular complexity index is 765. The molecule has 0 amide bonds. The number of alkyl halides is 2. The van der Waals surface area contributed by atoms with Crippen molar-refractivity contribution in [1.29, 1.82) is 0 Å². The van der Waals surface area contributed by atoms with E-state index in [0.717, 1.165) is 25.1 Å². The third kappa shape index (κ3) is 5.44. The molecule has 0 radical (unpaired) electrons. The maximum atomic E-state index is 12.6. The minimum Gasteiger partial charge on any atom is -0.388 e. The van der Waals surface area contributed by atoms with Gasteiger partial charge in [-0.05, 0) is 80.1 Å². The van der Waals surface area contributed by atoms with Crippen molar-refractivity contribution in [3.05, 3.63) is 35.5 Å². The van der Waals surface area contributed by atoms with Crippen LogP contribution in [0.5, 0.6) is 0 Å². The van der Waals surface area contributed by atoms with Gasteiger partial charge in [-0.25, -0.2) is 0 Å². The number of aliphatic hydroxyl groups is 2. The standard InChI is InChI=1S/C27H41F2NO3/c1-17(15-30-12-10-21(16-30)33-26(28)29)22-8-9-23-20(5-4-11-27(22,23)3)7-6-19-13-24(31)18(2)25(32)14-19/h6-7,17,21-26,31-32H,2,4-5,8-16H2,1,3H3/b20-7+/t17-,21+,22-,23+,24-,25-,27-/m1/s1. The number of aliphatic hydroxyl groups excluding tert-OH is 2. The van der Waals surface area contributed by atoms with Crippen LogP contribution in [0.3, 0.4) is 0 Å². The molecule has 1 aliphatic heterocycles. The number of halogens is 2. The summed E-state index contributed by atoms with van der Waals surface area (Å²) < 4.78 is 29.8. The van der Waals surface area contributed by atoms with Crippen LogP contribution in [-0.2, 0) is 4.74 Å². The molecule has 0 unspecified atom stereocenters. The summed E-state index contributed by atoms with van der Waals surface area (Å²) in [5, 5.41) is 20.3. The number of hydrogen-bond donors (Lipinski definition) is 2. The SMILES string of the molecule is C=C1[C@H](O)CC(=C/C=C2\CCC[C@]3(C)[C@@H]([C@H](C)CN4CC[C@H](OC(F)F)C4)CC[C@@H]23)C[C@H]1O. The summed E-state index contributed by atoms with van der Waals surface area (Å²) >= 11 is 0. The largest absolute Gasteiger partial charge is 0.388 e. The molecule has 1 heterocycles. The molecule has 3 aliphatic carbocycles. The Morgan fingerprint density at radius 1 is 1.18 bits per heavy atom. The van der Waals surface area contributed by atoms with Crippen LogP contribution in [0.2, 0.25) is 0 Å². The Morgan fingerprint density at radius 2 is 1.91 bits per heavy atom. The van der Waals surface area contributed by atoms with Crippen LogP contribution in [0.25, 0.3) is 0 Å². The molecule has 0 aromatic carbocycles. The summed E-state index contributed by atoms with van der Waals surface area (Å²) in [7, 11) is 0. The number of ether oxygens (including phenoxy) is 1. The number of likely N-dealkylation sites (tertiary alicyclic amines) is 1. The second kappa shape index (κ2) is 10.3. The molecular formula is C27H41F2NO3. The van der Waals surface area contributed by atoms with Gasteiger partial charge in [0, 0.05) is 19.6 Å². The lowest BCUT2D eigenvalue weighted by atomic mass is 9.61. The summed E-state index contributed by atoms with van der Waals surface area (Å²) in [5.74, 6) is 1.74. The summed E-state index contributed by atoms with van der Waals surface area (Å²) in [4.78, 5) is 2.31. The predicted molar refractivity (Wildman–Crippen MR) is 126 cm³/mol. The maximum absolute atomic E-state index is 12.6. The van der Waals surface area contributed by atoms with E-state index in [1.54, 1.807) is 0 Å². The van der Waals surface area contributed by atoms with Crippen LogP contribution in [0.4, 0.5) is 8.78 Å². The molecule has 1 saturated heterocycles. The minimum absolute atomic E-state index is 0.278. The Morgan fingerprint density at radius 3 is 2.61 bits per heavy atom. The van der Waals surface area contributed by atoms with Gasteiger partial charge in [-0.2, -0.15) is 8.78 Å². The highest BCUT2D eigenvalue weighted by atomic mass is 19.3. The molecule has 6 heteroatoms. The zero-order valence-electron chi connectivity index (χ0n) is 20.2. The lowest BCUT2D eigenvalue weighted by Crippen LogP contribution is -2.39. The van der Waals surface area contributed by atoms with Crippen LogP contribution in [0, 0.1) is 23.2 Å². The molecule has 0 aromatic rings. The Kier molecular flexibility index (Phi) is 7.79. The third-order valence-corrected chi connectivity index (χ3v) is 9.10. The quantitative estimate of drug-likeness (QED) is 0.538. The van der Waals surface area contributed by atoms with Gasteiger partial charge in [-0.1, -0.05) is 43.7 Å². The first-order chi connectivity index (χ1) is 15.7. The van der Waals surface area contributed by atoms with Crippen molar-refractivity contribution in [2.24, 2.45) is 23.2 Å². The first-order valence-corrected chi connectivity index (χ1v) is 12.8. The Hall–Kier alpha value is -1.08. The van der Waals surface area contributed by atoms with E-state index in [1.807, 2.05) is 0 Å². The van der Waals surface area contributed by atoms with Crippen molar-refractivity contribution in [2.45, 2.75) is 90.1 Å². The Labute approximate surface area is 197 Å². The highest BCUT2D eigenvalue weighted by Crippen LogP contribution is 2.59. The van der Waals surface area contributed by atoms with Gasteiger partial charge in [-0.3, -0.25) is 0 Å². The molecule has 4 fully saturated rings. The van der Waals surface area contributed by atoms with Crippen molar-refractivity contribution in [2.75, 3.05) is 19.6 Å². The van der Waals surface area contributed by atoms with Gasteiger partial charge in [-0.15, -0.1) is 0 Å². The fraction of sp³-hybridized carbons (Fsp3) is 0.778. The normalized spacial score (nSPS) is 40.0. The molecule has 7 atom stereocenters. The van der Waals surface area contributed by atoms with Crippen LogP contribution in [-0.4, -0.2) is 59.7 Å². The number of rotatable bonds is 6. The summed E-state index contributed by atoms with van der Waals surface area (Å²) in [6, 6.07) is 0. The summed E-state index contributed by atoms with van der Waals surface area (Å²) in [6.45, 7) is 8.36. The van der Waals surface area contributed by atoms with Gasteiger partial charge in [0.15, 0.2) is 0 Å². The molecular weight excluding hydrogens is 424 g/mol. The van der Waals surface area contributed by atoms with Crippen LogP contribution in [0.1, 0.15) is 65.2 Å². The molecule has 2 N–H and O–H groups in total. The van der Waals surface area contributed by atoms with Crippen molar-refractivity contribution in [1.82, 2.24) is 4.90 Å². The molecule has 4 aliphatic rings. The second-order valence-electron chi connectivity index (χ2n) is 11.2. The van der Waals surface area contributed by atoms with E-state index >= 15 is 0 Å². The fourth-order valence-corrected chi connectivity index (χ4v) is 7.39. The van der Waals surface area contributed by atoms with Crippen molar-refractivity contribution in [3.8, 4) is 0 Å². The Balaban J connectivity index is 1.40. The van der Waals surface area contributed by atoms with E-state index in [1.165, 1.54) is 31.3 Å². The number of allylic oxidation sites excluding steroid dienone is 3. The zero-order valence-corrected chi connectivity index (χ0v) is 20.2. The monoisotopic (exact) mass is 465 g/mol. The summed E-state index contributed by atoms with van der Waals surface area (Å²) in [6.07, 6.45) is 10.6. The molecule has 4 nitrogen and oxygen atoms in total. The highest BCUT2D eigenvalue weighted by Gasteiger charge is 2.50. The number of nitrogens with zero attached hydrogens (tertiary/aromatic N) is 1. The van der Waals surface area contributed by atoms with Gasteiger partial charge in [0.25, 0.3) is 0 Å². The van der Waals surface area contributed by atoms with E-state index in [9.17, 15) is 19.0 Å². The number of hydrogen-bond acceptors (Lipinski definition) is 4. The fourth-order valence-electron chi connectivity index (χ4n) is 7.39. The van der Waals surface area contributed by atoms with E-state index < -0.39 is 18.8 Å². The lowest BCUT2D eigenvalue weighted by molar-refractivity contribution is -0.158. The second-order valence-corrected chi connectivity index (χ2v) is 11.2. The summed E-state index contributed by atoms with van der Waals surface area (Å²) in [5.41, 5.74) is 3.42. The smallest absolute Gasteiger partial charge is 0.345 e. The van der Waals surface area contributed by atoms with E-state index in [0.29, 0.717) is 49.1 Å². The van der Waals surface area contributed by atoms with Crippen LogP contribution < -0.4 is 0 Å². The topological polar surface area (TPSA) is 52.9 Å². The third-order valence-electron chi connectivity index (χ3n) is 9.10. The minimum atomic E-state index is -2.68. The molecule has 0 aromatic heterocycles. The maximum Gasteiger partial charge on any atom is 0.345 e. The van der Waals surface area contributed by atoms with Crippen molar-refractivity contribution < 1.29 is 23.7 Å². The van der Waals surface area contributed by atoms with Crippen LogP contribution >= 0.6 is 0 Å². The van der Waals surface area contributed by atoms with Crippen molar-refractivity contribution in [3.63, 3.8) is 0 Å². The first kappa shape index (κ1) is 25.0. The van der Waals surface area contributed by atoms with Crippen LogP contribution in [0.15, 0.2) is 35.5 Å². The highest BCUT2D eigenvalue weighted by molar-refractivity contribution is 5.29. The van der Waals surface area contributed by atoms with Gasteiger partial charge < -0.3 is 19.8 Å². The lowest BCUT2D eigenvalue weighted by Gasteiger charge is -2.45. The van der Waals surface area contributed by atoms with Gasteiger partial charge in [0.1, 0.15) is 0 Å². The molecule has 33 heavy (non-hydrogen) atoms. The van der Waals surface area contributed by atoms with E-state index in [2.05, 4.69) is 37.5 Å².